The van der Waals surface area contributed by atoms with E-state index in [4.69, 9.17) is 10.0 Å². The maximum absolute atomic E-state index is 8.90. The zero-order valence-electron chi connectivity index (χ0n) is 5.38. The van der Waals surface area contributed by atoms with Crippen LogP contribution in [-0.4, -0.2) is 17.2 Å². The standard InChI is InChI=1S/C6H11BO2/c8-7(9)6-2-1-5(3-6)4-6/h5,8-9H,1-4H2. The fraction of sp³-hybridized carbons (Fsp3) is 1.00. The van der Waals surface area contributed by atoms with E-state index in [-0.39, 0.29) is 5.31 Å². The van der Waals surface area contributed by atoms with Gasteiger partial charge in [0.25, 0.3) is 0 Å². The van der Waals surface area contributed by atoms with Crippen molar-refractivity contribution in [3.05, 3.63) is 0 Å². The van der Waals surface area contributed by atoms with Gasteiger partial charge in [0.2, 0.25) is 0 Å². The Balaban J connectivity index is 2.10. The van der Waals surface area contributed by atoms with Crippen LogP contribution in [0.1, 0.15) is 25.7 Å². The third-order valence-corrected chi connectivity index (χ3v) is 2.99. The van der Waals surface area contributed by atoms with Gasteiger partial charge in [0.05, 0.1) is 0 Å². The van der Waals surface area contributed by atoms with Crippen molar-refractivity contribution in [3.8, 4) is 0 Å². The summed E-state index contributed by atoms with van der Waals surface area (Å²) in [5, 5.41) is 17.8. The lowest BCUT2D eigenvalue weighted by Crippen LogP contribution is -2.37. The molecule has 2 nitrogen and oxygen atoms in total. The highest BCUT2D eigenvalue weighted by Gasteiger charge is 2.56. The maximum atomic E-state index is 8.90. The Hall–Kier alpha value is -0.0151. The van der Waals surface area contributed by atoms with E-state index >= 15 is 0 Å². The van der Waals surface area contributed by atoms with E-state index in [1.165, 1.54) is 6.42 Å². The van der Waals surface area contributed by atoms with E-state index in [9.17, 15) is 0 Å². The van der Waals surface area contributed by atoms with Gasteiger partial charge in [-0.05, 0) is 25.2 Å². The van der Waals surface area contributed by atoms with Gasteiger partial charge in [-0.1, -0.05) is 6.42 Å². The fourth-order valence-electron chi connectivity index (χ4n) is 2.33. The monoisotopic (exact) mass is 126 g/mol. The third kappa shape index (κ3) is 0.592. The van der Waals surface area contributed by atoms with Crippen molar-refractivity contribution in [2.45, 2.75) is 31.0 Å². The van der Waals surface area contributed by atoms with Gasteiger partial charge in [-0.2, -0.15) is 0 Å². The Bertz CT molecular complexity index is 124. The van der Waals surface area contributed by atoms with Gasteiger partial charge < -0.3 is 10.0 Å². The highest BCUT2D eigenvalue weighted by molar-refractivity contribution is 6.46. The first kappa shape index (κ1) is 5.75. The van der Waals surface area contributed by atoms with Crippen molar-refractivity contribution in [3.63, 3.8) is 0 Å². The van der Waals surface area contributed by atoms with E-state index in [0.29, 0.717) is 0 Å². The molecule has 2 N–H and O–H groups in total. The molecule has 0 spiro atoms. The molecule has 0 amide bonds. The highest BCUT2D eigenvalue weighted by Crippen LogP contribution is 2.65. The topological polar surface area (TPSA) is 40.5 Å². The Kier molecular flexibility index (Phi) is 0.973. The van der Waals surface area contributed by atoms with Gasteiger partial charge in [0.15, 0.2) is 0 Å². The quantitative estimate of drug-likeness (QED) is 0.499. The molecule has 3 saturated carbocycles. The summed E-state index contributed by atoms with van der Waals surface area (Å²) < 4.78 is 0. The molecule has 0 aromatic heterocycles. The Morgan fingerprint density at radius 1 is 1.33 bits per heavy atom. The molecule has 0 unspecified atom stereocenters. The summed E-state index contributed by atoms with van der Waals surface area (Å²) in [6, 6.07) is 0. The lowest BCUT2D eigenvalue weighted by atomic mass is 9.48. The van der Waals surface area contributed by atoms with Crippen LogP contribution in [0.2, 0.25) is 5.31 Å². The molecule has 3 aliphatic rings. The molecule has 50 valence electrons. The van der Waals surface area contributed by atoms with Gasteiger partial charge >= 0.3 is 7.12 Å². The van der Waals surface area contributed by atoms with Crippen LogP contribution < -0.4 is 0 Å². The van der Waals surface area contributed by atoms with Crippen molar-refractivity contribution in [2.24, 2.45) is 5.92 Å². The molecule has 0 saturated heterocycles. The predicted molar refractivity (Wildman–Crippen MR) is 34.8 cm³/mol. The van der Waals surface area contributed by atoms with Crippen molar-refractivity contribution in [2.75, 3.05) is 0 Å². The minimum absolute atomic E-state index is 0.0509. The average molecular weight is 126 g/mol. The van der Waals surface area contributed by atoms with Crippen LogP contribution in [0.4, 0.5) is 0 Å². The lowest BCUT2D eigenvalue weighted by molar-refractivity contribution is 0.241. The molecule has 3 fully saturated rings. The second kappa shape index (κ2) is 1.52. The maximum Gasteiger partial charge on any atom is 0.458 e. The van der Waals surface area contributed by atoms with Crippen molar-refractivity contribution in [1.82, 2.24) is 0 Å². The molecule has 0 heterocycles. The summed E-state index contributed by atoms with van der Waals surface area (Å²) >= 11 is 0. The lowest BCUT2D eigenvalue weighted by Gasteiger charge is -2.37. The predicted octanol–water partition coefficient (Wildman–Crippen LogP) is 0.403. The number of hydrogen-bond donors (Lipinski definition) is 2. The van der Waals surface area contributed by atoms with Crippen LogP contribution in [0, 0.1) is 5.92 Å². The van der Waals surface area contributed by atoms with Crippen LogP contribution in [0.15, 0.2) is 0 Å². The largest absolute Gasteiger partial charge is 0.458 e. The Morgan fingerprint density at radius 2 is 2.00 bits per heavy atom. The molecule has 0 aromatic rings. The van der Waals surface area contributed by atoms with Crippen molar-refractivity contribution >= 4 is 7.12 Å². The summed E-state index contributed by atoms with van der Waals surface area (Å²) in [5.41, 5.74) is 0. The molecular formula is C6H11BO2. The zero-order chi connectivity index (χ0) is 6.48. The summed E-state index contributed by atoms with van der Waals surface area (Å²) in [6.45, 7) is 0. The number of fused-ring (bicyclic) bond motifs is 1. The second-order valence-corrected chi connectivity index (χ2v) is 3.55. The first-order valence-corrected chi connectivity index (χ1v) is 3.59. The average Bonchev–Trinajstić information content (AvgIpc) is 2.13. The summed E-state index contributed by atoms with van der Waals surface area (Å²) in [4.78, 5) is 0. The second-order valence-electron chi connectivity index (χ2n) is 3.55. The molecular weight excluding hydrogens is 115 g/mol. The van der Waals surface area contributed by atoms with E-state index in [2.05, 4.69) is 0 Å². The molecule has 0 aromatic carbocycles. The van der Waals surface area contributed by atoms with E-state index in [0.717, 1.165) is 25.2 Å². The van der Waals surface area contributed by atoms with Crippen LogP contribution in [0.3, 0.4) is 0 Å². The minimum Gasteiger partial charge on any atom is -0.427 e. The minimum atomic E-state index is -1.05. The molecule has 9 heavy (non-hydrogen) atoms. The molecule has 0 radical (unpaired) electrons. The fourth-order valence-corrected chi connectivity index (χ4v) is 2.33. The van der Waals surface area contributed by atoms with Crippen LogP contribution in [0.25, 0.3) is 0 Å². The van der Waals surface area contributed by atoms with Crippen molar-refractivity contribution < 1.29 is 10.0 Å². The third-order valence-electron chi connectivity index (χ3n) is 2.99. The van der Waals surface area contributed by atoms with Gasteiger partial charge in [0.1, 0.15) is 0 Å². The summed E-state index contributed by atoms with van der Waals surface area (Å²) in [5.74, 6) is 0.826. The number of hydrogen-bond acceptors (Lipinski definition) is 2. The van der Waals surface area contributed by atoms with Gasteiger partial charge in [-0.3, -0.25) is 0 Å². The Morgan fingerprint density at radius 3 is 2.22 bits per heavy atom. The molecule has 0 aliphatic heterocycles. The first-order valence-electron chi connectivity index (χ1n) is 3.59. The number of rotatable bonds is 1. The van der Waals surface area contributed by atoms with Gasteiger partial charge in [0, 0.05) is 5.31 Å². The van der Waals surface area contributed by atoms with E-state index in [1.54, 1.807) is 0 Å². The summed E-state index contributed by atoms with van der Waals surface area (Å²) in [6.07, 6.45) is 4.38. The zero-order valence-corrected chi connectivity index (χ0v) is 5.38. The normalized spacial score (nSPS) is 46.7. The molecule has 3 aliphatic carbocycles. The molecule has 3 rings (SSSR count). The van der Waals surface area contributed by atoms with Crippen LogP contribution in [0.5, 0.6) is 0 Å². The van der Waals surface area contributed by atoms with Crippen molar-refractivity contribution in [1.29, 1.82) is 0 Å². The molecule has 2 bridgehead atoms. The van der Waals surface area contributed by atoms with Gasteiger partial charge in [-0.25, -0.2) is 0 Å². The highest BCUT2D eigenvalue weighted by atomic mass is 16.4. The smallest absolute Gasteiger partial charge is 0.427 e. The van der Waals surface area contributed by atoms with E-state index < -0.39 is 7.12 Å². The Labute approximate surface area is 55.0 Å². The summed E-state index contributed by atoms with van der Waals surface area (Å²) in [7, 11) is -1.05. The van der Waals surface area contributed by atoms with Gasteiger partial charge in [-0.15, -0.1) is 0 Å². The van der Waals surface area contributed by atoms with E-state index in [1.807, 2.05) is 0 Å². The van der Waals surface area contributed by atoms with Crippen LogP contribution >= 0.6 is 0 Å². The molecule has 0 atom stereocenters. The first-order chi connectivity index (χ1) is 4.23. The molecule has 3 heteroatoms. The van der Waals surface area contributed by atoms with Crippen LogP contribution in [-0.2, 0) is 0 Å². The SMILES string of the molecule is OB(O)C12CCC(C1)C2.